The van der Waals surface area contributed by atoms with E-state index in [0.29, 0.717) is 17.9 Å². The zero-order valence-electron chi connectivity index (χ0n) is 9.46. The van der Waals surface area contributed by atoms with Crippen molar-refractivity contribution < 1.29 is 14.3 Å². The number of likely N-dealkylation sites (N-methyl/N-ethyl adjacent to an activating group) is 1. The van der Waals surface area contributed by atoms with Crippen LogP contribution in [0.2, 0.25) is 0 Å². The Balaban J connectivity index is 3.08. The summed E-state index contributed by atoms with van der Waals surface area (Å²) in [6.45, 7) is 0. The molecule has 0 spiro atoms. The van der Waals surface area contributed by atoms with Gasteiger partial charge in [0.25, 0.3) is 0 Å². The van der Waals surface area contributed by atoms with Crippen molar-refractivity contribution >= 4 is 21.8 Å². The Labute approximate surface area is 103 Å². The van der Waals surface area contributed by atoms with Gasteiger partial charge < -0.3 is 14.8 Å². The molecule has 0 aromatic heterocycles. The third-order valence-electron chi connectivity index (χ3n) is 2.19. The van der Waals surface area contributed by atoms with Crippen molar-refractivity contribution in [2.24, 2.45) is 0 Å². The molecule has 0 atom stereocenters. The van der Waals surface area contributed by atoms with E-state index in [1.807, 2.05) is 6.07 Å². The van der Waals surface area contributed by atoms with Crippen molar-refractivity contribution in [1.29, 1.82) is 0 Å². The average molecular weight is 288 g/mol. The zero-order valence-corrected chi connectivity index (χ0v) is 11.1. The fourth-order valence-corrected chi connectivity index (χ4v) is 1.96. The molecule has 4 nitrogen and oxygen atoms in total. The Morgan fingerprint density at radius 2 is 2.06 bits per heavy atom. The number of rotatable bonds is 4. The number of carbonyl (C=O) groups is 1. The van der Waals surface area contributed by atoms with Gasteiger partial charge in [-0.05, 0) is 27.6 Å². The highest BCUT2D eigenvalue weighted by molar-refractivity contribution is 9.10. The molecule has 0 unspecified atom stereocenters. The number of halogens is 1. The van der Waals surface area contributed by atoms with E-state index in [-0.39, 0.29) is 5.91 Å². The summed E-state index contributed by atoms with van der Waals surface area (Å²) in [4.78, 5) is 11.3. The molecular formula is C11H14BrNO3. The summed E-state index contributed by atoms with van der Waals surface area (Å²) in [6, 6.07) is 3.61. The molecule has 0 aliphatic heterocycles. The molecule has 1 N–H and O–H groups in total. The summed E-state index contributed by atoms with van der Waals surface area (Å²) >= 11 is 3.41. The normalized spacial score (nSPS) is 9.75. The third kappa shape index (κ3) is 2.66. The Hall–Kier alpha value is -1.23. The van der Waals surface area contributed by atoms with Crippen molar-refractivity contribution in [3.8, 4) is 11.5 Å². The molecule has 88 valence electrons. The van der Waals surface area contributed by atoms with Gasteiger partial charge in [0.2, 0.25) is 5.91 Å². The first kappa shape index (κ1) is 12.8. The van der Waals surface area contributed by atoms with E-state index in [1.54, 1.807) is 27.3 Å². The standard InChI is InChI=1S/C11H14BrNO3/c1-13-9(14)6-7-4-5-8(15-2)11(16-3)10(7)12/h4-5H,6H2,1-3H3,(H,13,14). The van der Waals surface area contributed by atoms with Gasteiger partial charge in [-0.15, -0.1) is 0 Å². The van der Waals surface area contributed by atoms with Crippen LogP contribution in [0.25, 0.3) is 0 Å². The molecule has 0 bridgehead atoms. The number of hydrogen-bond acceptors (Lipinski definition) is 3. The van der Waals surface area contributed by atoms with E-state index in [9.17, 15) is 4.79 Å². The van der Waals surface area contributed by atoms with E-state index in [4.69, 9.17) is 9.47 Å². The fourth-order valence-electron chi connectivity index (χ4n) is 1.33. The smallest absolute Gasteiger partial charge is 0.224 e. The van der Waals surface area contributed by atoms with Crippen LogP contribution >= 0.6 is 15.9 Å². The number of nitrogens with one attached hydrogen (secondary N) is 1. The maximum atomic E-state index is 11.3. The molecule has 1 amide bonds. The van der Waals surface area contributed by atoms with Gasteiger partial charge in [-0.3, -0.25) is 4.79 Å². The predicted molar refractivity (Wildman–Crippen MR) is 65.0 cm³/mol. The lowest BCUT2D eigenvalue weighted by molar-refractivity contribution is -0.119. The SMILES string of the molecule is CNC(=O)Cc1ccc(OC)c(OC)c1Br. The summed E-state index contributed by atoms with van der Waals surface area (Å²) in [5.41, 5.74) is 0.858. The van der Waals surface area contributed by atoms with Crippen LogP contribution in [0.4, 0.5) is 0 Å². The van der Waals surface area contributed by atoms with E-state index >= 15 is 0 Å². The highest BCUT2D eigenvalue weighted by Gasteiger charge is 2.14. The molecule has 1 aromatic carbocycles. The van der Waals surface area contributed by atoms with Crippen LogP contribution in [0.15, 0.2) is 16.6 Å². The third-order valence-corrected chi connectivity index (χ3v) is 3.06. The molecule has 1 aromatic rings. The van der Waals surface area contributed by atoms with E-state index in [1.165, 1.54) is 0 Å². The minimum atomic E-state index is -0.0482. The van der Waals surface area contributed by atoms with Crippen LogP contribution in [0.3, 0.4) is 0 Å². The van der Waals surface area contributed by atoms with E-state index in [2.05, 4.69) is 21.2 Å². The molecule has 0 saturated carbocycles. The van der Waals surface area contributed by atoms with Crippen LogP contribution in [-0.2, 0) is 11.2 Å². The summed E-state index contributed by atoms with van der Waals surface area (Å²) in [5, 5.41) is 2.57. The van der Waals surface area contributed by atoms with E-state index in [0.717, 1.165) is 10.0 Å². The quantitative estimate of drug-likeness (QED) is 0.918. The van der Waals surface area contributed by atoms with Crippen molar-refractivity contribution in [3.05, 3.63) is 22.2 Å². The van der Waals surface area contributed by atoms with Crippen molar-refractivity contribution in [2.45, 2.75) is 6.42 Å². The second-order valence-electron chi connectivity index (χ2n) is 3.12. The van der Waals surface area contributed by atoms with Crippen LogP contribution in [0, 0.1) is 0 Å². The second kappa shape index (κ2) is 5.75. The number of methoxy groups -OCH3 is 2. The zero-order chi connectivity index (χ0) is 12.1. The van der Waals surface area contributed by atoms with Crippen molar-refractivity contribution in [2.75, 3.05) is 21.3 Å². The lowest BCUT2D eigenvalue weighted by atomic mass is 10.1. The monoisotopic (exact) mass is 287 g/mol. The lowest BCUT2D eigenvalue weighted by Gasteiger charge is -2.12. The minimum Gasteiger partial charge on any atom is -0.493 e. The largest absolute Gasteiger partial charge is 0.493 e. The molecule has 0 fully saturated rings. The number of ether oxygens (including phenoxy) is 2. The van der Waals surface area contributed by atoms with Gasteiger partial charge in [-0.1, -0.05) is 6.07 Å². The van der Waals surface area contributed by atoms with Gasteiger partial charge in [0.1, 0.15) is 0 Å². The lowest BCUT2D eigenvalue weighted by Crippen LogP contribution is -2.20. The van der Waals surface area contributed by atoms with E-state index < -0.39 is 0 Å². The molecule has 0 radical (unpaired) electrons. The van der Waals surface area contributed by atoms with Crippen LogP contribution in [-0.4, -0.2) is 27.2 Å². The first-order chi connectivity index (χ1) is 7.63. The summed E-state index contributed by atoms with van der Waals surface area (Å²) < 4.78 is 11.1. The summed E-state index contributed by atoms with van der Waals surface area (Å²) in [7, 11) is 4.74. The molecule has 0 saturated heterocycles. The van der Waals surface area contributed by atoms with Crippen molar-refractivity contribution in [1.82, 2.24) is 5.32 Å². The van der Waals surface area contributed by atoms with Gasteiger partial charge in [-0.2, -0.15) is 0 Å². The van der Waals surface area contributed by atoms with Crippen LogP contribution in [0.1, 0.15) is 5.56 Å². The molecule has 0 aliphatic rings. The topological polar surface area (TPSA) is 47.6 Å². The average Bonchev–Trinajstić information content (AvgIpc) is 2.31. The minimum absolute atomic E-state index is 0.0482. The highest BCUT2D eigenvalue weighted by Crippen LogP contribution is 2.37. The number of benzene rings is 1. The Bertz CT molecular complexity index is 393. The van der Waals surface area contributed by atoms with Crippen molar-refractivity contribution in [3.63, 3.8) is 0 Å². The number of carbonyl (C=O) groups excluding carboxylic acids is 1. The molecule has 0 aliphatic carbocycles. The summed E-state index contributed by atoms with van der Waals surface area (Å²) in [6.07, 6.45) is 0.303. The molecular weight excluding hydrogens is 274 g/mol. The number of amides is 1. The van der Waals surface area contributed by atoms with Crippen LogP contribution in [0.5, 0.6) is 11.5 Å². The van der Waals surface area contributed by atoms with Gasteiger partial charge in [0.15, 0.2) is 11.5 Å². The predicted octanol–water partition coefficient (Wildman–Crippen LogP) is 1.75. The van der Waals surface area contributed by atoms with Gasteiger partial charge in [0, 0.05) is 7.05 Å². The molecule has 16 heavy (non-hydrogen) atoms. The molecule has 0 heterocycles. The van der Waals surface area contributed by atoms with Gasteiger partial charge in [-0.25, -0.2) is 0 Å². The molecule has 1 rings (SSSR count). The number of hydrogen-bond donors (Lipinski definition) is 1. The Morgan fingerprint density at radius 3 is 2.56 bits per heavy atom. The summed E-state index contributed by atoms with van der Waals surface area (Å²) in [5.74, 6) is 1.19. The Kier molecular flexibility index (Phi) is 4.61. The Morgan fingerprint density at radius 1 is 1.38 bits per heavy atom. The maximum absolute atomic E-state index is 11.3. The highest BCUT2D eigenvalue weighted by atomic mass is 79.9. The maximum Gasteiger partial charge on any atom is 0.224 e. The van der Waals surface area contributed by atoms with Gasteiger partial charge in [0.05, 0.1) is 25.1 Å². The molecule has 5 heteroatoms. The van der Waals surface area contributed by atoms with Crippen LogP contribution < -0.4 is 14.8 Å². The fraction of sp³-hybridized carbons (Fsp3) is 0.364. The second-order valence-corrected chi connectivity index (χ2v) is 3.92. The van der Waals surface area contributed by atoms with Gasteiger partial charge >= 0.3 is 0 Å². The first-order valence-electron chi connectivity index (χ1n) is 4.74. The first-order valence-corrected chi connectivity index (χ1v) is 5.53.